The van der Waals surface area contributed by atoms with E-state index in [-0.39, 0.29) is 6.61 Å². The highest BCUT2D eigenvalue weighted by atomic mass is 16.5. The number of urea groups is 1. The van der Waals surface area contributed by atoms with Crippen molar-refractivity contribution in [2.45, 2.75) is 40.2 Å². The Morgan fingerprint density at radius 3 is 2.50 bits per heavy atom. The van der Waals surface area contributed by atoms with Gasteiger partial charge in [0.15, 0.2) is 0 Å². The minimum atomic E-state index is -0.729. The Labute approximate surface area is 211 Å². The standard InChI is InChI=1S/C28H32N4O4/c1-5-35-27(33)24-19(4)29-28(34)30-26(24)23-17-32(21-9-7-6-8-10-21)31-25(23)20-11-13-22(14-12-20)36-16-15-18(2)3/h6-14,17-18,26H,5,15-16H2,1-4H3,(H2,29,30,34)/t26-/m1/s1. The zero-order chi connectivity index (χ0) is 25.7. The Hall–Kier alpha value is -4.07. The SMILES string of the molecule is CCOC(=O)C1=C(C)NC(=O)N[C@@H]1c1cn(-c2ccccc2)nc1-c1ccc(OCCC(C)C)cc1. The van der Waals surface area contributed by atoms with Gasteiger partial charge in [0.05, 0.1) is 36.2 Å². The fraction of sp³-hybridized carbons (Fsp3) is 0.321. The van der Waals surface area contributed by atoms with Gasteiger partial charge in [-0.15, -0.1) is 0 Å². The lowest BCUT2D eigenvalue weighted by atomic mass is 9.94. The van der Waals surface area contributed by atoms with Crippen LogP contribution in [-0.2, 0) is 9.53 Å². The molecule has 2 amide bonds. The second-order valence-electron chi connectivity index (χ2n) is 9.06. The quantitative estimate of drug-likeness (QED) is 0.406. The molecule has 3 aromatic rings. The Balaban J connectivity index is 1.77. The molecule has 0 radical (unpaired) electrons. The zero-order valence-electron chi connectivity index (χ0n) is 21.1. The van der Waals surface area contributed by atoms with Crippen molar-refractivity contribution in [1.29, 1.82) is 0 Å². The number of ether oxygens (including phenoxy) is 2. The number of allylic oxidation sites excluding steroid dienone is 1. The molecule has 1 aliphatic rings. The first-order valence-corrected chi connectivity index (χ1v) is 12.2. The van der Waals surface area contributed by atoms with Crippen LogP contribution in [0, 0.1) is 5.92 Å². The molecule has 0 unspecified atom stereocenters. The van der Waals surface area contributed by atoms with E-state index in [9.17, 15) is 9.59 Å². The van der Waals surface area contributed by atoms with Gasteiger partial charge in [-0.25, -0.2) is 14.3 Å². The predicted molar refractivity (Wildman–Crippen MR) is 138 cm³/mol. The van der Waals surface area contributed by atoms with Crippen molar-refractivity contribution in [2.75, 3.05) is 13.2 Å². The highest BCUT2D eigenvalue weighted by Gasteiger charge is 2.35. The van der Waals surface area contributed by atoms with Gasteiger partial charge < -0.3 is 20.1 Å². The van der Waals surface area contributed by atoms with Crippen LogP contribution in [0.3, 0.4) is 0 Å². The van der Waals surface area contributed by atoms with Crippen LogP contribution in [0.2, 0.25) is 0 Å². The molecule has 1 atom stereocenters. The van der Waals surface area contributed by atoms with E-state index in [1.807, 2.05) is 60.8 Å². The van der Waals surface area contributed by atoms with Crippen LogP contribution in [0.25, 0.3) is 16.9 Å². The first-order valence-electron chi connectivity index (χ1n) is 12.2. The molecule has 8 heteroatoms. The van der Waals surface area contributed by atoms with E-state index in [2.05, 4.69) is 24.5 Å². The van der Waals surface area contributed by atoms with Crippen LogP contribution < -0.4 is 15.4 Å². The number of nitrogens with one attached hydrogen (secondary N) is 2. The van der Waals surface area contributed by atoms with Crippen molar-refractivity contribution in [3.05, 3.63) is 77.6 Å². The lowest BCUT2D eigenvalue weighted by Gasteiger charge is -2.27. The third-order valence-electron chi connectivity index (χ3n) is 5.93. The number of rotatable bonds is 9. The van der Waals surface area contributed by atoms with Crippen LogP contribution >= 0.6 is 0 Å². The summed E-state index contributed by atoms with van der Waals surface area (Å²) in [6, 6.07) is 16.3. The molecule has 4 rings (SSSR count). The zero-order valence-corrected chi connectivity index (χ0v) is 21.1. The Morgan fingerprint density at radius 1 is 1.11 bits per heavy atom. The van der Waals surface area contributed by atoms with Crippen LogP contribution in [0.1, 0.15) is 45.7 Å². The average Bonchev–Trinajstić information content (AvgIpc) is 3.30. The molecule has 1 aromatic heterocycles. The third-order valence-corrected chi connectivity index (χ3v) is 5.93. The summed E-state index contributed by atoms with van der Waals surface area (Å²) in [5.41, 5.74) is 3.83. The number of esters is 1. The van der Waals surface area contributed by atoms with Gasteiger partial charge in [0.25, 0.3) is 0 Å². The maximum absolute atomic E-state index is 12.9. The van der Waals surface area contributed by atoms with Crippen LogP contribution in [0.5, 0.6) is 5.75 Å². The Kier molecular flexibility index (Phi) is 7.73. The number of benzene rings is 2. The Morgan fingerprint density at radius 2 is 1.83 bits per heavy atom. The minimum Gasteiger partial charge on any atom is -0.494 e. The fourth-order valence-electron chi connectivity index (χ4n) is 4.06. The highest BCUT2D eigenvalue weighted by molar-refractivity contribution is 5.95. The smallest absolute Gasteiger partial charge is 0.338 e. The molecule has 36 heavy (non-hydrogen) atoms. The van der Waals surface area contributed by atoms with Crippen LogP contribution in [0.15, 0.2) is 72.1 Å². The molecule has 8 nitrogen and oxygen atoms in total. The number of carbonyl (C=O) groups is 2. The third kappa shape index (κ3) is 5.59. The second-order valence-corrected chi connectivity index (χ2v) is 9.06. The van der Waals surface area contributed by atoms with E-state index in [1.165, 1.54) is 0 Å². The molecule has 0 aliphatic carbocycles. The van der Waals surface area contributed by atoms with Gasteiger partial charge in [0.2, 0.25) is 0 Å². The van der Waals surface area contributed by atoms with E-state index in [0.717, 1.165) is 23.4 Å². The van der Waals surface area contributed by atoms with Crippen LogP contribution in [-0.4, -0.2) is 35.0 Å². The molecule has 1 aliphatic heterocycles. The molecule has 0 saturated carbocycles. The first kappa shape index (κ1) is 25.0. The number of para-hydroxylation sites is 1. The summed E-state index contributed by atoms with van der Waals surface area (Å²) in [5.74, 6) is 0.862. The number of amides is 2. The van der Waals surface area contributed by atoms with Gasteiger partial charge in [-0.2, -0.15) is 5.10 Å². The van der Waals surface area contributed by atoms with Crippen LogP contribution in [0.4, 0.5) is 4.79 Å². The van der Waals surface area contributed by atoms with Gasteiger partial charge in [-0.1, -0.05) is 32.0 Å². The van der Waals surface area contributed by atoms with Crippen molar-refractivity contribution in [3.63, 3.8) is 0 Å². The van der Waals surface area contributed by atoms with Crippen molar-refractivity contribution in [1.82, 2.24) is 20.4 Å². The van der Waals surface area contributed by atoms with Crippen molar-refractivity contribution >= 4 is 12.0 Å². The van der Waals surface area contributed by atoms with Gasteiger partial charge in [-0.3, -0.25) is 0 Å². The summed E-state index contributed by atoms with van der Waals surface area (Å²) in [5, 5.41) is 10.4. The fourth-order valence-corrected chi connectivity index (χ4v) is 4.06. The van der Waals surface area contributed by atoms with Gasteiger partial charge in [-0.05, 0) is 62.6 Å². The Bertz CT molecular complexity index is 1250. The van der Waals surface area contributed by atoms with Crippen molar-refractivity contribution in [3.8, 4) is 22.7 Å². The second kappa shape index (κ2) is 11.1. The number of nitrogens with zero attached hydrogens (tertiary/aromatic N) is 2. The van der Waals surface area contributed by atoms with E-state index in [1.54, 1.807) is 18.5 Å². The molecule has 0 bridgehead atoms. The summed E-state index contributed by atoms with van der Waals surface area (Å²) in [4.78, 5) is 25.3. The van der Waals surface area contributed by atoms with E-state index in [0.29, 0.717) is 35.1 Å². The van der Waals surface area contributed by atoms with Gasteiger partial charge in [0, 0.05) is 23.0 Å². The monoisotopic (exact) mass is 488 g/mol. The average molecular weight is 489 g/mol. The lowest BCUT2D eigenvalue weighted by molar-refractivity contribution is -0.139. The van der Waals surface area contributed by atoms with Crippen molar-refractivity contribution in [2.24, 2.45) is 5.92 Å². The summed E-state index contributed by atoms with van der Waals surface area (Å²) >= 11 is 0. The van der Waals surface area contributed by atoms with Crippen molar-refractivity contribution < 1.29 is 19.1 Å². The predicted octanol–water partition coefficient (Wildman–Crippen LogP) is 5.16. The maximum atomic E-state index is 12.9. The summed E-state index contributed by atoms with van der Waals surface area (Å²) in [6.45, 7) is 8.65. The number of carbonyl (C=O) groups excluding carboxylic acids is 2. The van der Waals surface area contributed by atoms with E-state index in [4.69, 9.17) is 14.6 Å². The normalized spacial score (nSPS) is 15.5. The number of aromatic nitrogens is 2. The minimum absolute atomic E-state index is 0.227. The summed E-state index contributed by atoms with van der Waals surface area (Å²) in [7, 11) is 0. The largest absolute Gasteiger partial charge is 0.494 e. The lowest BCUT2D eigenvalue weighted by Crippen LogP contribution is -2.45. The molecule has 0 spiro atoms. The van der Waals surface area contributed by atoms with E-state index < -0.39 is 18.0 Å². The highest BCUT2D eigenvalue weighted by Crippen LogP contribution is 2.35. The molecule has 0 fully saturated rings. The van der Waals surface area contributed by atoms with Gasteiger partial charge >= 0.3 is 12.0 Å². The molecule has 188 valence electrons. The maximum Gasteiger partial charge on any atom is 0.338 e. The molecular formula is C28H32N4O4. The molecule has 2 heterocycles. The first-order chi connectivity index (χ1) is 17.4. The summed E-state index contributed by atoms with van der Waals surface area (Å²) in [6.07, 6.45) is 2.83. The molecule has 2 aromatic carbocycles. The molecular weight excluding hydrogens is 456 g/mol. The molecule has 0 saturated heterocycles. The topological polar surface area (TPSA) is 94.5 Å². The van der Waals surface area contributed by atoms with E-state index >= 15 is 0 Å². The summed E-state index contributed by atoms with van der Waals surface area (Å²) < 4.78 is 12.9. The number of hydrogen-bond donors (Lipinski definition) is 2. The van der Waals surface area contributed by atoms with Gasteiger partial charge in [0.1, 0.15) is 5.75 Å². The molecule has 2 N–H and O–H groups in total. The number of hydrogen-bond acceptors (Lipinski definition) is 5.